The first-order valence-corrected chi connectivity index (χ1v) is 6.58. The summed E-state index contributed by atoms with van der Waals surface area (Å²) >= 11 is 0. The van der Waals surface area contributed by atoms with Crippen molar-refractivity contribution in [2.24, 2.45) is 5.14 Å². The Morgan fingerprint density at radius 1 is 1.00 bits per heavy atom. The number of primary sulfonamides is 1. The van der Waals surface area contributed by atoms with Gasteiger partial charge >= 0.3 is 0 Å². The van der Waals surface area contributed by atoms with Gasteiger partial charge in [-0.15, -0.1) is 0 Å². The zero-order valence-corrected chi connectivity index (χ0v) is 10.1. The fraction of sp³-hybridized carbons (Fsp3) is 0.0909. The van der Waals surface area contributed by atoms with E-state index in [0.29, 0.717) is 5.56 Å². The molecule has 0 saturated carbocycles. The van der Waals surface area contributed by atoms with Gasteiger partial charge in [0.15, 0.2) is 0 Å². The largest absolute Gasteiger partial charge is 0.271 e. The normalized spacial score (nSPS) is 15.5. The number of amides is 2. The highest BCUT2D eigenvalue weighted by Crippen LogP contribution is 2.13. The average Bonchev–Trinajstić information content (AvgIpc) is 2.60. The Morgan fingerprint density at radius 2 is 1.50 bits per heavy atom. The molecule has 0 radical (unpaired) electrons. The Balaban J connectivity index is 2.17. The Kier molecular flexibility index (Phi) is 3.02. The van der Waals surface area contributed by atoms with Gasteiger partial charge in [-0.25, -0.2) is 13.6 Å². The van der Waals surface area contributed by atoms with Crippen LogP contribution in [0.2, 0.25) is 0 Å². The molecule has 0 aliphatic carbocycles. The number of nitrogens with zero attached hydrogens (tertiary/aromatic N) is 1. The van der Waals surface area contributed by atoms with Crippen molar-refractivity contribution in [2.75, 3.05) is 0 Å². The molecule has 1 heterocycles. The number of hydrogen-bond donors (Lipinski definition) is 1. The molecule has 2 rings (SSSR count). The SMILES string of the molecule is NS(=O)(=O)c1ccc(CN2C(=O)C=CC2=O)cc1. The summed E-state index contributed by atoms with van der Waals surface area (Å²) in [5, 5.41) is 4.96. The first kappa shape index (κ1) is 12.5. The van der Waals surface area contributed by atoms with Gasteiger partial charge < -0.3 is 0 Å². The summed E-state index contributed by atoms with van der Waals surface area (Å²) in [6.45, 7) is 0.107. The number of sulfonamides is 1. The summed E-state index contributed by atoms with van der Waals surface area (Å²) in [6.07, 6.45) is 2.39. The Labute approximate surface area is 104 Å². The predicted octanol–water partition coefficient (Wildman–Crippen LogP) is -0.241. The van der Waals surface area contributed by atoms with Gasteiger partial charge in [-0.05, 0) is 17.7 Å². The molecule has 0 saturated heterocycles. The summed E-state index contributed by atoms with van der Waals surface area (Å²) < 4.78 is 22.1. The molecule has 0 atom stereocenters. The van der Waals surface area contributed by atoms with Gasteiger partial charge in [-0.2, -0.15) is 0 Å². The molecular weight excluding hydrogens is 256 g/mol. The molecule has 6 nitrogen and oxygen atoms in total. The van der Waals surface area contributed by atoms with Crippen LogP contribution >= 0.6 is 0 Å². The lowest BCUT2D eigenvalue weighted by molar-refractivity contribution is -0.137. The zero-order valence-electron chi connectivity index (χ0n) is 9.24. The van der Waals surface area contributed by atoms with E-state index in [-0.39, 0.29) is 23.3 Å². The monoisotopic (exact) mass is 266 g/mol. The maximum absolute atomic E-state index is 11.3. The molecule has 1 aliphatic heterocycles. The van der Waals surface area contributed by atoms with Crippen LogP contribution in [0.25, 0.3) is 0 Å². The second-order valence-electron chi connectivity index (χ2n) is 3.78. The molecule has 0 aromatic heterocycles. The molecule has 2 N–H and O–H groups in total. The molecule has 2 amide bonds. The van der Waals surface area contributed by atoms with E-state index in [0.717, 1.165) is 4.90 Å². The van der Waals surface area contributed by atoms with E-state index in [1.54, 1.807) is 0 Å². The van der Waals surface area contributed by atoms with Crippen LogP contribution in [0.3, 0.4) is 0 Å². The highest BCUT2D eigenvalue weighted by molar-refractivity contribution is 7.89. The van der Waals surface area contributed by atoms with E-state index in [9.17, 15) is 18.0 Å². The number of hydrogen-bond acceptors (Lipinski definition) is 4. The van der Waals surface area contributed by atoms with Gasteiger partial charge in [0.2, 0.25) is 10.0 Å². The standard InChI is InChI=1S/C11H10N2O4S/c12-18(16,17)9-3-1-8(2-4-9)7-13-10(14)5-6-11(13)15/h1-6H,7H2,(H2,12,16,17). The van der Waals surface area contributed by atoms with Crippen molar-refractivity contribution in [3.8, 4) is 0 Å². The molecule has 94 valence electrons. The zero-order chi connectivity index (χ0) is 13.3. The topological polar surface area (TPSA) is 97.5 Å². The summed E-state index contributed by atoms with van der Waals surface area (Å²) in [5.74, 6) is -0.758. The van der Waals surface area contributed by atoms with Crippen molar-refractivity contribution in [3.63, 3.8) is 0 Å². The van der Waals surface area contributed by atoms with Gasteiger partial charge in [0.25, 0.3) is 11.8 Å². The first-order valence-electron chi connectivity index (χ1n) is 5.03. The number of nitrogens with two attached hydrogens (primary N) is 1. The van der Waals surface area contributed by atoms with Crippen molar-refractivity contribution in [2.45, 2.75) is 11.4 Å². The number of rotatable bonds is 3. The molecule has 0 spiro atoms. The van der Waals surface area contributed by atoms with Gasteiger partial charge in [-0.1, -0.05) is 12.1 Å². The van der Waals surface area contributed by atoms with Crippen molar-refractivity contribution in [1.29, 1.82) is 0 Å². The van der Waals surface area contributed by atoms with Gasteiger partial charge in [0, 0.05) is 12.2 Å². The van der Waals surface area contributed by atoms with E-state index in [4.69, 9.17) is 5.14 Å². The van der Waals surface area contributed by atoms with Crippen LogP contribution in [0.15, 0.2) is 41.3 Å². The lowest BCUT2D eigenvalue weighted by atomic mass is 10.2. The first-order chi connectivity index (χ1) is 8.38. The minimum atomic E-state index is -3.73. The van der Waals surface area contributed by atoms with Crippen LogP contribution in [0, 0.1) is 0 Å². The minimum Gasteiger partial charge on any atom is -0.271 e. The quantitative estimate of drug-likeness (QED) is 0.763. The van der Waals surface area contributed by atoms with Crippen LogP contribution in [-0.2, 0) is 26.2 Å². The van der Waals surface area contributed by atoms with E-state index >= 15 is 0 Å². The molecule has 1 aromatic carbocycles. The van der Waals surface area contributed by atoms with Crippen molar-refractivity contribution in [1.82, 2.24) is 4.90 Å². The van der Waals surface area contributed by atoms with Crippen LogP contribution < -0.4 is 5.14 Å². The Bertz CT molecular complexity index is 614. The predicted molar refractivity (Wildman–Crippen MR) is 62.5 cm³/mol. The van der Waals surface area contributed by atoms with Gasteiger partial charge in [0.1, 0.15) is 0 Å². The lowest BCUT2D eigenvalue weighted by Crippen LogP contribution is -2.29. The third-order valence-electron chi connectivity index (χ3n) is 2.49. The fourth-order valence-corrected chi connectivity index (χ4v) is 2.07. The Morgan fingerprint density at radius 3 is 1.94 bits per heavy atom. The van der Waals surface area contributed by atoms with Crippen molar-refractivity contribution in [3.05, 3.63) is 42.0 Å². The third kappa shape index (κ3) is 2.47. The Hall–Kier alpha value is -1.99. The molecular formula is C11H10N2O4S. The van der Waals surface area contributed by atoms with Crippen LogP contribution in [0.5, 0.6) is 0 Å². The second kappa shape index (κ2) is 4.35. The maximum atomic E-state index is 11.3. The minimum absolute atomic E-state index is 0.0107. The third-order valence-corrected chi connectivity index (χ3v) is 3.42. The maximum Gasteiger partial charge on any atom is 0.253 e. The van der Waals surface area contributed by atoms with Crippen LogP contribution in [0.1, 0.15) is 5.56 Å². The molecule has 1 aliphatic rings. The van der Waals surface area contributed by atoms with Gasteiger partial charge in [0.05, 0.1) is 11.4 Å². The van der Waals surface area contributed by atoms with Crippen molar-refractivity contribution >= 4 is 21.8 Å². The number of carbonyl (C=O) groups excluding carboxylic acids is 2. The molecule has 0 fully saturated rings. The van der Waals surface area contributed by atoms with E-state index < -0.39 is 10.0 Å². The van der Waals surface area contributed by atoms with Crippen LogP contribution in [0.4, 0.5) is 0 Å². The molecule has 1 aromatic rings. The van der Waals surface area contributed by atoms with E-state index in [1.165, 1.54) is 36.4 Å². The average molecular weight is 266 g/mol. The molecule has 7 heteroatoms. The molecule has 0 unspecified atom stereocenters. The molecule has 0 bridgehead atoms. The fourth-order valence-electron chi connectivity index (χ4n) is 1.55. The highest BCUT2D eigenvalue weighted by atomic mass is 32.2. The summed E-state index contributed by atoms with van der Waals surface area (Å²) in [5.41, 5.74) is 0.646. The lowest BCUT2D eigenvalue weighted by Gasteiger charge is -2.13. The summed E-state index contributed by atoms with van der Waals surface area (Å²) in [6, 6.07) is 5.70. The highest BCUT2D eigenvalue weighted by Gasteiger charge is 2.23. The summed E-state index contributed by atoms with van der Waals surface area (Å²) in [7, 11) is -3.73. The molecule has 18 heavy (non-hydrogen) atoms. The smallest absolute Gasteiger partial charge is 0.253 e. The van der Waals surface area contributed by atoms with Crippen LogP contribution in [-0.4, -0.2) is 25.1 Å². The summed E-state index contributed by atoms with van der Waals surface area (Å²) in [4.78, 5) is 23.7. The van der Waals surface area contributed by atoms with Gasteiger partial charge in [-0.3, -0.25) is 14.5 Å². The van der Waals surface area contributed by atoms with E-state index in [1.807, 2.05) is 0 Å². The van der Waals surface area contributed by atoms with Crippen molar-refractivity contribution < 1.29 is 18.0 Å². The number of benzene rings is 1. The van der Waals surface area contributed by atoms with E-state index in [2.05, 4.69) is 0 Å². The second-order valence-corrected chi connectivity index (χ2v) is 5.35. The number of carbonyl (C=O) groups is 2. The number of imide groups is 1.